The first-order valence-electron chi connectivity index (χ1n) is 13.4. The minimum absolute atomic E-state index is 0.207. The maximum Gasteiger partial charge on any atom is 0.339 e. The molecule has 10 atom stereocenters. The Kier molecular flexibility index (Phi) is 10.7. The lowest BCUT2D eigenvalue weighted by Crippen LogP contribution is -2.64. The molecule has 0 amide bonds. The minimum atomic E-state index is -1.96. The summed E-state index contributed by atoms with van der Waals surface area (Å²) >= 11 is 0. The van der Waals surface area contributed by atoms with Crippen LogP contribution in [-0.2, 0) is 71.4 Å². The van der Waals surface area contributed by atoms with Crippen LogP contribution in [0.5, 0.6) is 0 Å². The number of aliphatic hydroxyl groups is 1. The zero-order valence-corrected chi connectivity index (χ0v) is 24.8. The van der Waals surface area contributed by atoms with Crippen LogP contribution in [0.2, 0.25) is 0 Å². The third kappa shape index (κ3) is 7.61. The van der Waals surface area contributed by atoms with Crippen molar-refractivity contribution in [1.82, 2.24) is 0 Å². The molecule has 1 saturated heterocycles. The van der Waals surface area contributed by atoms with Crippen LogP contribution in [0, 0.1) is 11.8 Å². The van der Waals surface area contributed by atoms with E-state index in [2.05, 4.69) is 0 Å². The molecule has 240 valence electrons. The van der Waals surface area contributed by atoms with Gasteiger partial charge in [0.25, 0.3) is 0 Å². The van der Waals surface area contributed by atoms with E-state index in [-0.39, 0.29) is 12.0 Å². The van der Waals surface area contributed by atoms with Gasteiger partial charge in [0.15, 0.2) is 18.3 Å². The Hall–Kier alpha value is -3.76. The van der Waals surface area contributed by atoms with Gasteiger partial charge in [0, 0.05) is 47.0 Å². The maximum absolute atomic E-state index is 12.6. The van der Waals surface area contributed by atoms with E-state index in [1.54, 1.807) is 6.92 Å². The summed E-state index contributed by atoms with van der Waals surface area (Å²) in [7, 11) is 1.11. The summed E-state index contributed by atoms with van der Waals surface area (Å²) in [5.74, 6) is -6.47. The molecular formula is C27H36O16. The Morgan fingerprint density at radius 3 is 1.93 bits per heavy atom. The van der Waals surface area contributed by atoms with E-state index in [0.29, 0.717) is 0 Å². The van der Waals surface area contributed by atoms with Crippen LogP contribution in [0.15, 0.2) is 11.8 Å². The largest absolute Gasteiger partial charge is 0.471 e. The van der Waals surface area contributed by atoms with Crippen LogP contribution in [-0.4, -0.2) is 103 Å². The molecule has 2 fully saturated rings. The maximum atomic E-state index is 12.6. The predicted octanol–water partition coefficient (Wildman–Crippen LogP) is -0.182. The van der Waals surface area contributed by atoms with E-state index in [1.165, 1.54) is 6.92 Å². The van der Waals surface area contributed by atoms with Gasteiger partial charge < -0.3 is 47.7 Å². The number of hydrogen-bond donors (Lipinski definition) is 1. The quantitative estimate of drug-likeness (QED) is 0.263. The third-order valence-electron chi connectivity index (χ3n) is 7.24. The van der Waals surface area contributed by atoms with Crippen LogP contribution in [0.1, 0.15) is 48.0 Å². The van der Waals surface area contributed by atoms with E-state index in [4.69, 9.17) is 42.6 Å². The SMILES string of the molecule is COC(=O)C1=CO[C@@H](O[C@@H]2O[C@H](COC(C)=O)[C@@H](OC(C)=O)[C@H](OC(C)=O)[C@H]2OC(C)=O)[C@@H]2[C@H](C)[C@@H](OC(C)=O)C[C@]12O. The van der Waals surface area contributed by atoms with Crippen molar-refractivity contribution in [3.63, 3.8) is 0 Å². The summed E-state index contributed by atoms with van der Waals surface area (Å²) in [6.07, 6.45) is -9.00. The molecule has 0 aromatic rings. The fraction of sp³-hybridized carbons (Fsp3) is 0.704. The van der Waals surface area contributed by atoms with Gasteiger partial charge in [0.05, 0.1) is 19.3 Å². The number of fused-ring (bicyclic) bond motifs is 1. The third-order valence-corrected chi connectivity index (χ3v) is 7.24. The summed E-state index contributed by atoms with van der Waals surface area (Å²) < 4.78 is 49.3. The van der Waals surface area contributed by atoms with Crippen molar-refractivity contribution in [2.45, 2.75) is 96.7 Å². The summed E-state index contributed by atoms with van der Waals surface area (Å²) in [5.41, 5.74) is -2.21. The summed E-state index contributed by atoms with van der Waals surface area (Å²) in [6, 6.07) is 0. The fourth-order valence-corrected chi connectivity index (χ4v) is 5.62. The van der Waals surface area contributed by atoms with Gasteiger partial charge in [-0.05, 0) is 0 Å². The molecule has 2 aliphatic heterocycles. The second-order valence-corrected chi connectivity index (χ2v) is 10.4. The molecule has 1 aliphatic carbocycles. The van der Waals surface area contributed by atoms with Crippen molar-refractivity contribution in [2.75, 3.05) is 13.7 Å². The lowest BCUT2D eigenvalue weighted by molar-refractivity contribution is -0.349. The summed E-state index contributed by atoms with van der Waals surface area (Å²) in [6.45, 7) is 6.69. The predicted molar refractivity (Wildman–Crippen MR) is 136 cm³/mol. The summed E-state index contributed by atoms with van der Waals surface area (Å²) in [4.78, 5) is 72.2. The number of carbonyl (C=O) groups is 6. The van der Waals surface area contributed by atoms with Crippen LogP contribution < -0.4 is 0 Å². The molecule has 1 saturated carbocycles. The zero-order valence-electron chi connectivity index (χ0n) is 24.8. The monoisotopic (exact) mass is 616 g/mol. The van der Waals surface area contributed by atoms with Gasteiger partial charge >= 0.3 is 35.8 Å². The lowest BCUT2D eigenvalue weighted by Gasteiger charge is -2.46. The number of carbonyl (C=O) groups excluding carboxylic acids is 6. The first-order valence-corrected chi connectivity index (χ1v) is 13.4. The summed E-state index contributed by atoms with van der Waals surface area (Å²) in [5, 5.41) is 11.8. The second kappa shape index (κ2) is 13.7. The van der Waals surface area contributed by atoms with Crippen molar-refractivity contribution in [3.8, 4) is 0 Å². The highest BCUT2D eigenvalue weighted by molar-refractivity contribution is 5.90. The minimum Gasteiger partial charge on any atom is -0.471 e. The van der Waals surface area contributed by atoms with E-state index in [9.17, 15) is 33.9 Å². The average molecular weight is 617 g/mol. The smallest absolute Gasteiger partial charge is 0.339 e. The molecular weight excluding hydrogens is 580 g/mol. The van der Waals surface area contributed by atoms with Crippen LogP contribution >= 0.6 is 0 Å². The van der Waals surface area contributed by atoms with Crippen LogP contribution in [0.25, 0.3) is 0 Å². The Balaban J connectivity index is 2.06. The first kappa shape index (κ1) is 33.7. The first-order chi connectivity index (χ1) is 20.1. The van der Waals surface area contributed by atoms with Gasteiger partial charge in [-0.1, -0.05) is 6.92 Å². The van der Waals surface area contributed by atoms with Crippen LogP contribution in [0.4, 0.5) is 0 Å². The highest BCUT2D eigenvalue weighted by Gasteiger charge is 2.63. The van der Waals surface area contributed by atoms with E-state index < -0.39 is 103 Å². The van der Waals surface area contributed by atoms with Gasteiger partial charge in [0.1, 0.15) is 30.0 Å². The number of hydrogen-bond acceptors (Lipinski definition) is 16. The van der Waals surface area contributed by atoms with Gasteiger partial charge in [-0.25, -0.2) is 4.79 Å². The Labute approximate surface area is 246 Å². The molecule has 0 bridgehead atoms. The number of methoxy groups -OCH3 is 1. The van der Waals surface area contributed by atoms with Gasteiger partial charge in [-0.15, -0.1) is 0 Å². The standard InChI is InChI=1S/C27H36O16/c1-11-18(38-13(3)29)8-27(34)17(24(33)35-7)9-37-25(20(11)27)43-26-23(41-16(6)32)22(40-15(5)31)21(39-14(4)30)19(42-26)10-36-12(2)28/h9,11,18-23,25-26,34H,8,10H2,1-7H3/t11-,18+,19-,20+,21-,22+,23-,25+,26+,27+/m1/s1. The molecule has 1 N–H and O–H groups in total. The van der Waals surface area contributed by atoms with E-state index in [1.807, 2.05) is 0 Å². The molecule has 43 heavy (non-hydrogen) atoms. The van der Waals surface area contributed by atoms with Crippen molar-refractivity contribution in [3.05, 3.63) is 11.8 Å². The average Bonchev–Trinajstić information content (AvgIpc) is 3.14. The molecule has 2 heterocycles. The van der Waals surface area contributed by atoms with Crippen molar-refractivity contribution < 1.29 is 76.5 Å². The highest BCUT2D eigenvalue weighted by Crippen LogP contribution is 2.51. The van der Waals surface area contributed by atoms with Crippen molar-refractivity contribution in [1.29, 1.82) is 0 Å². The van der Waals surface area contributed by atoms with E-state index >= 15 is 0 Å². The van der Waals surface area contributed by atoms with Gasteiger partial charge in [-0.3, -0.25) is 24.0 Å². The fourth-order valence-electron chi connectivity index (χ4n) is 5.62. The number of esters is 6. The number of rotatable bonds is 9. The lowest BCUT2D eigenvalue weighted by atomic mass is 9.79. The normalized spacial score (nSPS) is 34.8. The number of ether oxygens (including phenoxy) is 9. The Morgan fingerprint density at radius 2 is 1.40 bits per heavy atom. The molecule has 0 aromatic heterocycles. The van der Waals surface area contributed by atoms with E-state index in [0.717, 1.165) is 41.1 Å². The highest BCUT2D eigenvalue weighted by atomic mass is 16.8. The van der Waals surface area contributed by atoms with Gasteiger partial charge in [-0.2, -0.15) is 0 Å². The molecule has 16 heteroatoms. The molecule has 0 unspecified atom stereocenters. The van der Waals surface area contributed by atoms with Gasteiger partial charge in [0.2, 0.25) is 12.6 Å². The van der Waals surface area contributed by atoms with Crippen LogP contribution in [0.3, 0.4) is 0 Å². The Bertz CT molecular complexity index is 1150. The molecule has 3 rings (SSSR count). The van der Waals surface area contributed by atoms with Crippen molar-refractivity contribution in [2.24, 2.45) is 11.8 Å². The molecule has 16 nitrogen and oxygen atoms in total. The molecule has 0 spiro atoms. The Morgan fingerprint density at radius 1 is 0.837 bits per heavy atom. The van der Waals surface area contributed by atoms with Crippen molar-refractivity contribution >= 4 is 35.8 Å². The zero-order chi connectivity index (χ0) is 32.2. The second-order valence-electron chi connectivity index (χ2n) is 10.4. The molecule has 3 aliphatic rings. The topological polar surface area (TPSA) is 206 Å². The molecule has 0 aromatic carbocycles. The molecule has 0 radical (unpaired) electrons.